The molecule has 1 aliphatic rings. The molecule has 0 saturated carbocycles. The zero-order valence-corrected chi connectivity index (χ0v) is 26.0. The molecule has 1 fully saturated rings. The molecule has 12 heteroatoms. The van der Waals surface area contributed by atoms with Crippen LogP contribution in [0.4, 0.5) is 10.1 Å². The molecule has 2 amide bonds. The Labute approximate surface area is 266 Å². The highest BCUT2D eigenvalue weighted by molar-refractivity contribution is 6.39. The molecule has 4 aromatic rings. The van der Waals surface area contributed by atoms with Crippen LogP contribution in [0.15, 0.2) is 60.8 Å². The summed E-state index contributed by atoms with van der Waals surface area (Å²) >= 11 is 0. The van der Waals surface area contributed by atoms with E-state index in [1.807, 2.05) is 12.1 Å². The van der Waals surface area contributed by atoms with Gasteiger partial charge in [0.05, 0.1) is 27.9 Å². The van der Waals surface area contributed by atoms with Gasteiger partial charge in [0.15, 0.2) is 23.1 Å². The van der Waals surface area contributed by atoms with Crippen LogP contribution in [0.1, 0.15) is 18.4 Å². The average Bonchev–Trinajstić information content (AvgIpc) is 3.08. The highest BCUT2D eigenvalue weighted by Gasteiger charge is 2.19. The molecule has 11 nitrogen and oxygen atoms in total. The minimum atomic E-state index is -0.929. The van der Waals surface area contributed by atoms with Gasteiger partial charge >= 0.3 is 11.8 Å². The monoisotopic (exact) mass is 632 g/mol. The lowest BCUT2D eigenvalue weighted by Crippen LogP contribution is -2.36. The number of piperidine rings is 1. The molecule has 0 spiro atoms. The van der Waals surface area contributed by atoms with Crippen LogP contribution in [0.2, 0.25) is 0 Å². The van der Waals surface area contributed by atoms with Gasteiger partial charge in [-0.2, -0.15) is 0 Å². The first-order chi connectivity index (χ1) is 22.4. The van der Waals surface area contributed by atoms with Crippen molar-refractivity contribution in [3.05, 3.63) is 72.2 Å². The van der Waals surface area contributed by atoms with Gasteiger partial charge in [0.1, 0.15) is 22.8 Å². The van der Waals surface area contributed by atoms with E-state index in [9.17, 15) is 9.59 Å². The fraction of sp³-hybridized carbons (Fsp3) is 0.324. The smallest absolute Gasteiger partial charge is 0.313 e. The van der Waals surface area contributed by atoms with Gasteiger partial charge in [-0.3, -0.25) is 14.6 Å². The van der Waals surface area contributed by atoms with Crippen molar-refractivity contribution in [3.8, 4) is 34.5 Å². The summed E-state index contributed by atoms with van der Waals surface area (Å²) in [6.45, 7) is 2.73. The van der Waals surface area contributed by atoms with Gasteiger partial charge < -0.3 is 39.6 Å². The second-order valence-electron chi connectivity index (χ2n) is 10.7. The van der Waals surface area contributed by atoms with E-state index in [1.165, 1.54) is 12.1 Å². The Balaban J connectivity index is 1.20. The van der Waals surface area contributed by atoms with Crippen molar-refractivity contribution >= 4 is 28.4 Å². The third-order valence-electron chi connectivity index (χ3n) is 7.65. The standard InChI is InChI=1S/C34H37FN4O7/c1-42-24-16-22(17-25(19-24)43-2)10-14-38-33(40)34(41)39-23-4-6-29(27(35)18-23)46-28-11-15-37-31-26(28)5-7-30(32(31)44-3)45-20-21-8-12-36-13-9-21/h4-7,11,15-19,21,36H,8-10,12-14,20H2,1-3H3,(H,38,40)(H,39,41). The zero-order valence-electron chi connectivity index (χ0n) is 26.0. The molecule has 3 N–H and O–H groups in total. The summed E-state index contributed by atoms with van der Waals surface area (Å²) in [6.07, 6.45) is 4.09. The van der Waals surface area contributed by atoms with E-state index < -0.39 is 17.6 Å². The van der Waals surface area contributed by atoms with E-state index in [0.29, 0.717) is 58.6 Å². The molecular formula is C34H37FN4O7. The third-order valence-corrected chi connectivity index (χ3v) is 7.65. The van der Waals surface area contributed by atoms with Crippen LogP contribution in [0.3, 0.4) is 0 Å². The summed E-state index contributed by atoms with van der Waals surface area (Å²) in [5.74, 6) is 0.511. The minimum Gasteiger partial charge on any atom is -0.497 e. The van der Waals surface area contributed by atoms with Gasteiger partial charge in [0.2, 0.25) is 0 Å². The van der Waals surface area contributed by atoms with E-state index in [-0.39, 0.29) is 18.0 Å². The summed E-state index contributed by atoms with van der Waals surface area (Å²) in [7, 11) is 4.64. The molecule has 242 valence electrons. The molecule has 0 radical (unpaired) electrons. The molecule has 1 aliphatic heterocycles. The number of carbonyl (C=O) groups is 2. The number of benzene rings is 3. The van der Waals surface area contributed by atoms with E-state index in [4.69, 9.17) is 23.7 Å². The first kappa shape index (κ1) is 32.3. The van der Waals surface area contributed by atoms with Crippen LogP contribution in [-0.2, 0) is 16.0 Å². The lowest BCUT2D eigenvalue weighted by Gasteiger charge is -2.23. The molecule has 0 atom stereocenters. The topological polar surface area (TPSA) is 129 Å². The summed E-state index contributed by atoms with van der Waals surface area (Å²) in [5.41, 5.74) is 1.47. The van der Waals surface area contributed by atoms with Gasteiger partial charge in [-0.15, -0.1) is 0 Å². The van der Waals surface area contributed by atoms with Gasteiger partial charge in [-0.25, -0.2) is 4.39 Å². The summed E-state index contributed by atoms with van der Waals surface area (Å²) in [5, 5.41) is 8.93. The molecule has 0 aliphatic carbocycles. The van der Waals surface area contributed by atoms with Crippen molar-refractivity contribution in [2.24, 2.45) is 5.92 Å². The summed E-state index contributed by atoms with van der Waals surface area (Å²) in [4.78, 5) is 29.3. The molecular weight excluding hydrogens is 595 g/mol. The van der Waals surface area contributed by atoms with Crippen molar-refractivity contribution in [1.82, 2.24) is 15.6 Å². The van der Waals surface area contributed by atoms with Crippen LogP contribution < -0.4 is 39.6 Å². The number of amides is 2. The number of fused-ring (bicyclic) bond motifs is 1. The Morgan fingerprint density at radius 2 is 1.63 bits per heavy atom. The lowest BCUT2D eigenvalue weighted by atomic mass is 9.99. The fourth-order valence-electron chi connectivity index (χ4n) is 5.18. The second-order valence-corrected chi connectivity index (χ2v) is 10.7. The number of halogens is 1. The van der Waals surface area contributed by atoms with Crippen LogP contribution in [-0.4, -0.2) is 64.4 Å². The van der Waals surface area contributed by atoms with E-state index in [0.717, 1.165) is 37.6 Å². The van der Waals surface area contributed by atoms with Crippen LogP contribution >= 0.6 is 0 Å². The highest BCUT2D eigenvalue weighted by Crippen LogP contribution is 2.40. The summed E-state index contributed by atoms with van der Waals surface area (Å²) in [6, 6.07) is 14.5. The number of rotatable bonds is 12. The number of pyridine rings is 1. The molecule has 1 aromatic heterocycles. The molecule has 0 bridgehead atoms. The van der Waals surface area contributed by atoms with Crippen LogP contribution in [0.5, 0.6) is 34.5 Å². The first-order valence-electron chi connectivity index (χ1n) is 15.0. The van der Waals surface area contributed by atoms with Crippen molar-refractivity contribution in [2.75, 3.05) is 52.9 Å². The van der Waals surface area contributed by atoms with Crippen molar-refractivity contribution < 1.29 is 37.7 Å². The maximum absolute atomic E-state index is 15.1. The SMILES string of the molecule is COc1cc(CCNC(=O)C(=O)Nc2ccc(Oc3ccnc4c(OC)c(OCC5CCNCC5)ccc34)c(F)c2)cc(OC)c1. The highest BCUT2D eigenvalue weighted by atomic mass is 19.1. The molecule has 2 heterocycles. The number of hydrogen-bond acceptors (Lipinski definition) is 9. The van der Waals surface area contributed by atoms with Gasteiger partial charge in [-0.05, 0) is 86.3 Å². The Bertz CT molecular complexity index is 1670. The Kier molecular flexibility index (Phi) is 10.7. The average molecular weight is 633 g/mol. The molecule has 1 saturated heterocycles. The number of ether oxygens (including phenoxy) is 5. The molecule has 46 heavy (non-hydrogen) atoms. The van der Waals surface area contributed by atoms with E-state index >= 15 is 4.39 Å². The maximum Gasteiger partial charge on any atom is 0.313 e. The predicted molar refractivity (Wildman–Crippen MR) is 171 cm³/mol. The largest absolute Gasteiger partial charge is 0.497 e. The number of carbonyl (C=O) groups excluding carboxylic acids is 2. The van der Waals surface area contributed by atoms with Gasteiger partial charge in [0, 0.05) is 35.9 Å². The number of nitrogens with zero attached hydrogens (tertiary/aromatic N) is 1. The fourth-order valence-corrected chi connectivity index (χ4v) is 5.18. The second kappa shape index (κ2) is 15.3. The molecule has 0 unspecified atom stereocenters. The molecule has 3 aromatic carbocycles. The summed E-state index contributed by atoms with van der Waals surface area (Å²) < 4.78 is 43.3. The lowest BCUT2D eigenvalue weighted by molar-refractivity contribution is -0.136. The molecule has 5 rings (SSSR count). The number of hydrogen-bond donors (Lipinski definition) is 3. The number of methoxy groups -OCH3 is 3. The van der Waals surface area contributed by atoms with Crippen LogP contribution in [0, 0.1) is 11.7 Å². The quantitative estimate of drug-likeness (QED) is 0.188. The predicted octanol–water partition coefficient (Wildman–Crippen LogP) is 4.87. The number of nitrogens with one attached hydrogen (secondary N) is 3. The Morgan fingerprint density at radius 1 is 0.891 bits per heavy atom. The van der Waals surface area contributed by atoms with E-state index in [1.54, 1.807) is 51.8 Å². The van der Waals surface area contributed by atoms with E-state index in [2.05, 4.69) is 20.9 Å². The maximum atomic E-state index is 15.1. The third kappa shape index (κ3) is 7.94. The Morgan fingerprint density at radius 3 is 2.33 bits per heavy atom. The van der Waals surface area contributed by atoms with Crippen LogP contribution in [0.25, 0.3) is 10.9 Å². The normalized spacial score (nSPS) is 13.1. The van der Waals surface area contributed by atoms with Gasteiger partial charge in [0.25, 0.3) is 0 Å². The number of aromatic nitrogens is 1. The Hall–Kier alpha value is -5.10. The first-order valence-corrected chi connectivity index (χ1v) is 15.0. The number of anilines is 1. The van der Waals surface area contributed by atoms with Crippen molar-refractivity contribution in [2.45, 2.75) is 19.3 Å². The van der Waals surface area contributed by atoms with Gasteiger partial charge in [-0.1, -0.05) is 0 Å². The zero-order chi connectivity index (χ0) is 32.5. The minimum absolute atomic E-state index is 0.0751. The van der Waals surface area contributed by atoms with Crippen molar-refractivity contribution in [1.29, 1.82) is 0 Å². The van der Waals surface area contributed by atoms with Crippen molar-refractivity contribution in [3.63, 3.8) is 0 Å².